The zero-order valence-corrected chi connectivity index (χ0v) is 18.9. The van der Waals surface area contributed by atoms with Crippen molar-refractivity contribution in [1.29, 1.82) is 0 Å². The summed E-state index contributed by atoms with van der Waals surface area (Å²) in [6.45, 7) is 1.43. The third-order valence-electron chi connectivity index (χ3n) is 5.90. The number of hydrogen-bond acceptors (Lipinski definition) is 5. The number of nitrogens with two attached hydrogens (primary N) is 1. The first-order valence-electron chi connectivity index (χ1n) is 10.8. The molecular formula is C25H27ClN4O2. The molecule has 6 nitrogen and oxygen atoms in total. The van der Waals surface area contributed by atoms with E-state index in [1.54, 1.807) is 7.11 Å². The molecule has 0 bridgehead atoms. The smallest absolute Gasteiger partial charge is 0.226 e. The monoisotopic (exact) mass is 450 g/mol. The van der Waals surface area contributed by atoms with Gasteiger partial charge in [-0.1, -0.05) is 35.9 Å². The number of likely N-dealkylation sites (tertiary alicyclic amines) is 1. The molecular weight excluding hydrogens is 424 g/mol. The highest BCUT2D eigenvalue weighted by atomic mass is 35.5. The molecule has 4 rings (SSSR count). The second-order valence-corrected chi connectivity index (χ2v) is 8.56. The van der Waals surface area contributed by atoms with Crippen molar-refractivity contribution in [3.63, 3.8) is 0 Å². The zero-order valence-electron chi connectivity index (χ0n) is 18.1. The number of halogens is 1. The fourth-order valence-electron chi connectivity index (χ4n) is 4.11. The number of aromatic nitrogens is 2. The summed E-state index contributed by atoms with van der Waals surface area (Å²) in [5, 5.41) is 0.678. The Bertz CT molecular complexity index is 1060. The summed E-state index contributed by atoms with van der Waals surface area (Å²) in [5.74, 6) is 1.55. The van der Waals surface area contributed by atoms with Crippen molar-refractivity contribution in [2.75, 3.05) is 25.9 Å². The van der Waals surface area contributed by atoms with Gasteiger partial charge in [-0.25, -0.2) is 9.97 Å². The average Bonchev–Trinajstić information content (AvgIpc) is 2.81. The van der Waals surface area contributed by atoms with E-state index < -0.39 is 0 Å². The summed E-state index contributed by atoms with van der Waals surface area (Å²) in [6.07, 6.45) is 2.81. The van der Waals surface area contributed by atoms with Crippen LogP contribution in [0.4, 0.5) is 5.95 Å². The molecule has 1 aliphatic heterocycles. The highest BCUT2D eigenvalue weighted by molar-refractivity contribution is 6.30. The van der Waals surface area contributed by atoms with Gasteiger partial charge in [0, 0.05) is 36.1 Å². The first kappa shape index (κ1) is 22.1. The number of carbonyl (C=O) groups is 1. The van der Waals surface area contributed by atoms with Crippen LogP contribution in [0.2, 0.25) is 5.02 Å². The van der Waals surface area contributed by atoms with Crippen molar-refractivity contribution in [2.45, 2.75) is 31.6 Å². The number of methoxy groups -OCH3 is 1. The van der Waals surface area contributed by atoms with Gasteiger partial charge in [0.2, 0.25) is 11.9 Å². The Morgan fingerprint density at radius 3 is 2.38 bits per heavy atom. The van der Waals surface area contributed by atoms with E-state index in [2.05, 4.69) is 16.0 Å². The lowest BCUT2D eigenvalue weighted by Crippen LogP contribution is -2.39. The van der Waals surface area contributed by atoms with Crippen LogP contribution in [0.15, 0.2) is 54.6 Å². The number of amides is 1. The van der Waals surface area contributed by atoms with Gasteiger partial charge in [0.05, 0.1) is 19.2 Å². The first-order chi connectivity index (χ1) is 15.5. The molecule has 2 heterocycles. The average molecular weight is 451 g/mol. The Balaban J connectivity index is 1.37. The van der Waals surface area contributed by atoms with E-state index in [0.29, 0.717) is 23.8 Å². The number of piperidine rings is 1. The SMILES string of the molecule is COc1ccc(Cc2cc(C3CCN(C(=O)Cc4ccc(Cl)cc4)CC3)nc(N)n2)cc1. The predicted octanol–water partition coefficient (Wildman–Crippen LogP) is 4.26. The number of rotatable bonds is 6. The molecule has 0 aliphatic carbocycles. The summed E-state index contributed by atoms with van der Waals surface area (Å²) >= 11 is 5.93. The Kier molecular flexibility index (Phi) is 6.90. The number of hydrogen-bond donors (Lipinski definition) is 1. The van der Waals surface area contributed by atoms with E-state index in [-0.39, 0.29) is 11.8 Å². The van der Waals surface area contributed by atoms with Crippen molar-refractivity contribution < 1.29 is 9.53 Å². The quantitative estimate of drug-likeness (QED) is 0.606. The maximum absolute atomic E-state index is 12.7. The number of nitrogens with zero attached hydrogens (tertiary/aromatic N) is 3. The summed E-state index contributed by atoms with van der Waals surface area (Å²) in [5.41, 5.74) is 10.0. The van der Waals surface area contributed by atoms with Crippen LogP contribution in [0.25, 0.3) is 0 Å². The highest BCUT2D eigenvalue weighted by Gasteiger charge is 2.25. The van der Waals surface area contributed by atoms with Gasteiger partial charge < -0.3 is 15.4 Å². The van der Waals surface area contributed by atoms with Crippen LogP contribution >= 0.6 is 11.6 Å². The van der Waals surface area contributed by atoms with E-state index in [1.807, 2.05) is 53.4 Å². The Morgan fingerprint density at radius 2 is 1.72 bits per heavy atom. The number of benzene rings is 2. The van der Waals surface area contributed by atoms with Crippen LogP contribution in [0.1, 0.15) is 41.3 Å². The molecule has 32 heavy (non-hydrogen) atoms. The molecule has 0 spiro atoms. The van der Waals surface area contributed by atoms with Gasteiger partial charge in [0.15, 0.2) is 0 Å². The molecule has 2 aromatic carbocycles. The van der Waals surface area contributed by atoms with Crippen molar-refractivity contribution in [3.05, 3.63) is 82.1 Å². The number of nitrogen functional groups attached to an aromatic ring is 1. The van der Waals surface area contributed by atoms with Crippen LogP contribution in [0, 0.1) is 0 Å². The molecule has 1 saturated heterocycles. The van der Waals surface area contributed by atoms with Crippen LogP contribution in [-0.4, -0.2) is 41.0 Å². The van der Waals surface area contributed by atoms with Crippen LogP contribution in [0.5, 0.6) is 5.75 Å². The molecule has 2 N–H and O–H groups in total. The minimum absolute atomic E-state index is 0.146. The third-order valence-corrected chi connectivity index (χ3v) is 6.15. The fourth-order valence-corrected chi connectivity index (χ4v) is 4.23. The zero-order chi connectivity index (χ0) is 22.5. The van der Waals surface area contributed by atoms with Gasteiger partial charge in [-0.05, 0) is 54.3 Å². The maximum atomic E-state index is 12.7. The third kappa shape index (κ3) is 5.56. The first-order valence-corrected chi connectivity index (χ1v) is 11.2. The second-order valence-electron chi connectivity index (χ2n) is 8.13. The Morgan fingerprint density at radius 1 is 1.06 bits per heavy atom. The molecule has 7 heteroatoms. The van der Waals surface area contributed by atoms with Crippen LogP contribution in [0.3, 0.4) is 0 Å². The largest absolute Gasteiger partial charge is 0.497 e. The van der Waals surface area contributed by atoms with E-state index in [1.165, 1.54) is 0 Å². The van der Waals surface area contributed by atoms with Crippen molar-refractivity contribution in [1.82, 2.24) is 14.9 Å². The van der Waals surface area contributed by atoms with Gasteiger partial charge in [0.1, 0.15) is 5.75 Å². The number of carbonyl (C=O) groups excluding carboxylic acids is 1. The number of ether oxygens (including phenoxy) is 1. The van der Waals surface area contributed by atoms with Gasteiger partial charge in [0.25, 0.3) is 0 Å². The molecule has 3 aromatic rings. The van der Waals surface area contributed by atoms with Crippen LogP contribution < -0.4 is 10.5 Å². The molecule has 1 aromatic heterocycles. The topological polar surface area (TPSA) is 81.3 Å². The van der Waals surface area contributed by atoms with Crippen molar-refractivity contribution in [2.24, 2.45) is 0 Å². The summed E-state index contributed by atoms with van der Waals surface area (Å²) in [7, 11) is 1.66. The maximum Gasteiger partial charge on any atom is 0.226 e. The molecule has 0 radical (unpaired) electrons. The van der Waals surface area contributed by atoms with E-state index >= 15 is 0 Å². The summed E-state index contributed by atoms with van der Waals surface area (Å²) < 4.78 is 5.22. The molecule has 1 aliphatic rings. The lowest BCUT2D eigenvalue weighted by Gasteiger charge is -2.32. The van der Waals surface area contributed by atoms with E-state index in [9.17, 15) is 4.79 Å². The number of anilines is 1. The molecule has 0 atom stereocenters. The summed E-state index contributed by atoms with van der Waals surface area (Å²) in [6, 6.07) is 17.4. The van der Waals surface area contributed by atoms with E-state index in [0.717, 1.165) is 54.2 Å². The van der Waals surface area contributed by atoms with E-state index in [4.69, 9.17) is 22.1 Å². The lowest BCUT2D eigenvalue weighted by molar-refractivity contribution is -0.131. The molecule has 166 valence electrons. The van der Waals surface area contributed by atoms with Crippen LogP contribution in [-0.2, 0) is 17.6 Å². The molecule has 1 amide bonds. The summed E-state index contributed by atoms with van der Waals surface area (Å²) in [4.78, 5) is 23.6. The lowest BCUT2D eigenvalue weighted by atomic mass is 9.92. The fraction of sp³-hybridized carbons (Fsp3) is 0.320. The van der Waals surface area contributed by atoms with Gasteiger partial charge in [-0.2, -0.15) is 0 Å². The molecule has 0 saturated carbocycles. The predicted molar refractivity (Wildman–Crippen MR) is 126 cm³/mol. The highest BCUT2D eigenvalue weighted by Crippen LogP contribution is 2.28. The van der Waals surface area contributed by atoms with Gasteiger partial charge >= 0.3 is 0 Å². The van der Waals surface area contributed by atoms with Crippen molar-refractivity contribution >= 4 is 23.5 Å². The Labute approximate surface area is 193 Å². The molecule has 1 fully saturated rings. The van der Waals surface area contributed by atoms with Crippen molar-refractivity contribution in [3.8, 4) is 5.75 Å². The Hall–Kier alpha value is -3.12. The second kappa shape index (κ2) is 10.0. The minimum atomic E-state index is 0.146. The minimum Gasteiger partial charge on any atom is -0.497 e. The molecule has 0 unspecified atom stereocenters. The normalized spacial score (nSPS) is 14.4. The van der Waals surface area contributed by atoms with Gasteiger partial charge in [-0.3, -0.25) is 4.79 Å². The standard InChI is InChI=1S/C25H27ClN4O2/c1-32-22-8-4-17(5-9-22)14-21-16-23(29-25(27)28-21)19-10-12-30(13-11-19)24(31)15-18-2-6-20(26)7-3-18/h2-9,16,19H,10-15H2,1H3,(H2,27,28,29). The van der Waals surface area contributed by atoms with Gasteiger partial charge in [-0.15, -0.1) is 0 Å².